The highest BCUT2D eigenvalue weighted by Gasteiger charge is 2.23. The van der Waals surface area contributed by atoms with Gasteiger partial charge in [-0.25, -0.2) is 0 Å². The Balaban J connectivity index is 2.72. The van der Waals surface area contributed by atoms with Crippen LogP contribution in [0.5, 0.6) is 0 Å². The molecule has 0 aromatic rings. The maximum atomic E-state index is 2.46. The molecule has 0 aliphatic heterocycles. The minimum atomic E-state index is 0.468. The molecule has 0 heterocycles. The van der Waals surface area contributed by atoms with Crippen molar-refractivity contribution in [1.29, 1.82) is 0 Å². The maximum absolute atomic E-state index is 2.46. The summed E-state index contributed by atoms with van der Waals surface area (Å²) >= 11 is 0. The van der Waals surface area contributed by atoms with Crippen molar-refractivity contribution in [2.75, 3.05) is 0 Å². The van der Waals surface area contributed by atoms with Crippen LogP contribution in [0.25, 0.3) is 0 Å². The highest BCUT2D eigenvalue weighted by molar-refractivity contribution is 5.12. The van der Waals surface area contributed by atoms with Crippen molar-refractivity contribution in [2.45, 2.75) is 47.0 Å². The van der Waals surface area contributed by atoms with E-state index in [1.54, 1.807) is 5.57 Å². The molecule has 0 saturated heterocycles. The fourth-order valence-electron chi connectivity index (χ4n) is 2.11. The standard InChI is InChI=1S/C11H20/c1-5-10-6-7-11(3,4)8-9(10)2/h8,10H,5-7H2,1-4H3. The molecule has 0 saturated carbocycles. The molecule has 11 heavy (non-hydrogen) atoms. The number of hydrogen-bond donors (Lipinski definition) is 0. The Morgan fingerprint density at radius 3 is 2.64 bits per heavy atom. The third kappa shape index (κ3) is 2.08. The molecule has 0 heteroatoms. The third-order valence-corrected chi connectivity index (χ3v) is 2.89. The van der Waals surface area contributed by atoms with E-state index in [1.807, 2.05) is 0 Å². The van der Waals surface area contributed by atoms with E-state index in [-0.39, 0.29) is 0 Å². The van der Waals surface area contributed by atoms with Gasteiger partial charge in [0.15, 0.2) is 0 Å². The minimum Gasteiger partial charge on any atom is -0.0797 e. The summed E-state index contributed by atoms with van der Waals surface area (Å²) < 4.78 is 0. The highest BCUT2D eigenvalue weighted by Crippen LogP contribution is 2.37. The molecule has 1 unspecified atom stereocenters. The summed E-state index contributed by atoms with van der Waals surface area (Å²) in [5.41, 5.74) is 2.08. The number of hydrogen-bond acceptors (Lipinski definition) is 0. The van der Waals surface area contributed by atoms with Crippen molar-refractivity contribution >= 4 is 0 Å². The zero-order chi connectivity index (χ0) is 8.48. The Labute approximate surface area is 70.7 Å². The summed E-state index contributed by atoms with van der Waals surface area (Å²) in [5, 5.41) is 0. The van der Waals surface area contributed by atoms with Crippen molar-refractivity contribution in [1.82, 2.24) is 0 Å². The SMILES string of the molecule is CCC1CCC(C)(C)C=C1C. The van der Waals surface area contributed by atoms with Gasteiger partial charge < -0.3 is 0 Å². The van der Waals surface area contributed by atoms with Gasteiger partial charge in [0.05, 0.1) is 0 Å². The van der Waals surface area contributed by atoms with Crippen LogP contribution in [0.15, 0.2) is 11.6 Å². The van der Waals surface area contributed by atoms with E-state index < -0.39 is 0 Å². The molecule has 0 aromatic carbocycles. The lowest BCUT2D eigenvalue weighted by Crippen LogP contribution is -2.18. The largest absolute Gasteiger partial charge is 0.0797 e. The van der Waals surface area contributed by atoms with E-state index in [2.05, 4.69) is 33.8 Å². The minimum absolute atomic E-state index is 0.468. The third-order valence-electron chi connectivity index (χ3n) is 2.89. The molecule has 0 N–H and O–H groups in total. The van der Waals surface area contributed by atoms with Crippen LogP contribution in [0.3, 0.4) is 0 Å². The summed E-state index contributed by atoms with van der Waals surface area (Å²) in [6.45, 7) is 9.25. The van der Waals surface area contributed by atoms with E-state index in [1.165, 1.54) is 19.3 Å². The molecule has 0 nitrogen and oxygen atoms in total. The predicted molar refractivity (Wildman–Crippen MR) is 50.6 cm³/mol. The number of allylic oxidation sites excluding steroid dienone is 2. The van der Waals surface area contributed by atoms with Gasteiger partial charge in [-0.3, -0.25) is 0 Å². The first-order chi connectivity index (χ1) is 5.05. The maximum Gasteiger partial charge on any atom is -0.0172 e. The first kappa shape index (κ1) is 8.83. The van der Waals surface area contributed by atoms with Crippen LogP contribution < -0.4 is 0 Å². The molecular formula is C11H20. The van der Waals surface area contributed by atoms with Crippen LogP contribution in [-0.2, 0) is 0 Å². The van der Waals surface area contributed by atoms with Crippen LogP contribution in [0, 0.1) is 11.3 Å². The topological polar surface area (TPSA) is 0 Å². The van der Waals surface area contributed by atoms with Crippen LogP contribution in [0.2, 0.25) is 0 Å². The predicted octanol–water partition coefficient (Wildman–Crippen LogP) is 3.78. The molecule has 1 atom stereocenters. The van der Waals surface area contributed by atoms with Crippen LogP contribution >= 0.6 is 0 Å². The van der Waals surface area contributed by atoms with Gasteiger partial charge in [0.25, 0.3) is 0 Å². The van der Waals surface area contributed by atoms with Crippen molar-refractivity contribution in [3.8, 4) is 0 Å². The van der Waals surface area contributed by atoms with Crippen LogP contribution in [-0.4, -0.2) is 0 Å². The second-order valence-electron chi connectivity index (χ2n) is 4.52. The summed E-state index contributed by atoms with van der Waals surface area (Å²) in [4.78, 5) is 0. The average Bonchev–Trinajstić information content (AvgIpc) is 1.86. The lowest BCUT2D eigenvalue weighted by molar-refractivity contribution is 0.341. The van der Waals surface area contributed by atoms with Gasteiger partial charge in [0.2, 0.25) is 0 Å². The molecule has 0 radical (unpaired) electrons. The van der Waals surface area contributed by atoms with Crippen LogP contribution in [0.1, 0.15) is 47.0 Å². The zero-order valence-corrected chi connectivity index (χ0v) is 8.28. The number of rotatable bonds is 1. The van der Waals surface area contributed by atoms with E-state index in [0.717, 1.165) is 5.92 Å². The first-order valence-corrected chi connectivity index (χ1v) is 4.74. The Kier molecular flexibility index (Phi) is 2.41. The molecule has 0 amide bonds. The summed E-state index contributed by atoms with van der Waals surface area (Å²) in [6.07, 6.45) is 6.54. The van der Waals surface area contributed by atoms with E-state index in [4.69, 9.17) is 0 Å². The second-order valence-corrected chi connectivity index (χ2v) is 4.52. The quantitative estimate of drug-likeness (QED) is 0.502. The zero-order valence-electron chi connectivity index (χ0n) is 8.28. The Morgan fingerprint density at radius 1 is 1.55 bits per heavy atom. The van der Waals surface area contributed by atoms with Gasteiger partial charge in [0, 0.05) is 0 Å². The van der Waals surface area contributed by atoms with Gasteiger partial charge in [-0.15, -0.1) is 0 Å². The molecule has 1 aliphatic carbocycles. The Hall–Kier alpha value is -0.260. The Morgan fingerprint density at radius 2 is 2.18 bits per heavy atom. The van der Waals surface area contributed by atoms with E-state index in [0.29, 0.717) is 5.41 Å². The normalized spacial score (nSPS) is 29.8. The summed E-state index contributed by atoms with van der Waals surface area (Å²) in [5.74, 6) is 0.878. The molecule has 64 valence electrons. The first-order valence-electron chi connectivity index (χ1n) is 4.74. The van der Waals surface area contributed by atoms with Gasteiger partial charge in [-0.2, -0.15) is 0 Å². The fourth-order valence-corrected chi connectivity index (χ4v) is 2.11. The lowest BCUT2D eigenvalue weighted by Gasteiger charge is -2.31. The molecule has 0 spiro atoms. The van der Waals surface area contributed by atoms with E-state index in [9.17, 15) is 0 Å². The molecule has 0 bridgehead atoms. The lowest BCUT2D eigenvalue weighted by atomic mass is 9.74. The van der Waals surface area contributed by atoms with E-state index >= 15 is 0 Å². The van der Waals surface area contributed by atoms with Gasteiger partial charge in [0.1, 0.15) is 0 Å². The van der Waals surface area contributed by atoms with Crippen LogP contribution in [0.4, 0.5) is 0 Å². The van der Waals surface area contributed by atoms with Gasteiger partial charge in [-0.05, 0) is 37.5 Å². The summed E-state index contributed by atoms with van der Waals surface area (Å²) in [6, 6.07) is 0. The molecule has 0 fully saturated rings. The highest BCUT2D eigenvalue weighted by atomic mass is 14.3. The molecular weight excluding hydrogens is 132 g/mol. The second kappa shape index (κ2) is 3.00. The molecule has 0 aromatic heterocycles. The molecule has 1 rings (SSSR count). The summed E-state index contributed by atoms with van der Waals surface area (Å²) in [7, 11) is 0. The van der Waals surface area contributed by atoms with Crippen molar-refractivity contribution in [2.24, 2.45) is 11.3 Å². The van der Waals surface area contributed by atoms with Gasteiger partial charge in [-0.1, -0.05) is 32.4 Å². The fraction of sp³-hybridized carbons (Fsp3) is 0.818. The average molecular weight is 152 g/mol. The smallest absolute Gasteiger partial charge is 0.0172 e. The Bertz CT molecular complexity index is 163. The monoisotopic (exact) mass is 152 g/mol. The van der Waals surface area contributed by atoms with Crippen molar-refractivity contribution in [3.05, 3.63) is 11.6 Å². The molecule has 1 aliphatic rings. The van der Waals surface area contributed by atoms with Crippen molar-refractivity contribution in [3.63, 3.8) is 0 Å². The van der Waals surface area contributed by atoms with Gasteiger partial charge >= 0.3 is 0 Å². The van der Waals surface area contributed by atoms with Crippen molar-refractivity contribution < 1.29 is 0 Å².